The number of aromatic nitrogens is 3. The third-order valence-electron chi connectivity index (χ3n) is 3.61. The van der Waals surface area contributed by atoms with Gasteiger partial charge in [-0.1, -0.05) is 18.2 Å². The highest BCUT2D eigenvalue weighted by Gasteiger charge is 2.20. The van der Waals surface area contributed by atoms with Crippen LogP contribution in [0.1, 0.15) is 5.56 Å². The molecule has 0 amide bonds. The van der Waals surface area contributed by atoms with E-state index in [9.17, 15) is 5.11 Å². The fourth-order valence-corrected chi connectivity index (χ4v) is 2.62. The van der Waals surface area contributed by atoms with Gasteiger partial charge in [0.25, 0.3) is 0 Å². The molecule has 0 radical (unpaired) electrons. The lowest BCUT2D eigenvalue weighted by Gasteiger charge is -2.22. The molecule has 1 aromatic heterocycles. The topological polar surface area (TPSA) is 63.0 Å². The van der Waals surface area contributed by atoms with Gasteiger partial charge in [-0.2, -0.15) is 4.80 Å². The zero-order chi connectivity index (χ0) is 13.5. The first-order valence-corrected chi connectivity index (χ1v) is 6.67. The second-order valence-corrected chi connectivity index (χ2v) is 5.02. The maximum atomic E-state index is 9.82. The normalized spacial score (nSPS) is 17.8. The number of aliphatic hydroxyl groups excluding tert-OH is 1. The van der Waals surface area contributed by atoms with Crippen molar-refractivity contribution in [3.05, 3.63) is 48.0 Å². The molecule has 1 aliphatic rings. The van der Waals surface area contributed by atoms with E-state index in [1.807, 2.05) is 42.5 Å². The second-order valence-electron chi connectivity index (χ2n) is 5.02. The average Bonchev–Trinajstić information content (AvgIpc) is 2.93. The number of nitrogens with one attached hydrogen (secondary N) is 1. The minimum absolute atomic E-state index is 0.366. The quantitative estimate of drug-likeness (QED) is 0.704. The van der Waals surface area contributed by atoms with Gasteiger partial charge in [0.2, 0.25) is 0 Å². The lowest BCUT2D eigenvalue weighted by Crippen LogP contribution is -2.27. The maximum absolute atomic E-state index is 9.82. The van der Waals surface area contributed by atoms with E-state index in [2.05, 4.69) is 15.5 Å². The molecule has 0 fully saturated rings. The van der Waals surface area contributed by atoms with Crippen molar-refractivity contribution in [2.45, 2.75) is 12.5 Å². The number of anilines is 1. The lowest BCUT2D eigenvalue weighted by atomic mass is 10.00. The van der Waals surface area contributed by atoms with Crippen molar-refractivity contribution in [3.8, 4) is 5.69 Å². The van der Waals surface area contributed by atoms with Crippen molar-refractivity contribution < 1.29 is 5.11 Å². The Morgan fingerprint density at radius 1 is 1.10 bits per heavy atom. The summed E-state index contributed by atoms with van der Waals surface area (Å²) in [7, 11) is 0. The van der Waals surface area contributed by atoms with Crippen LogP contribution in [-0.4, -0.2) is 32.7 Å². The van der Waals surface area contributed by atoms with Crippen molar-refractivity contribution in [2.24, 2.45) is 0 Å². The maximum Gasteiger partial charge on any atom is 0.119 e. The van der Waals surface area contributed by atoms with Crippen molar-refractivity contribution in [1.29, 1.82) is 0 Å². The number of hydrogen-bond acceptors (Lipinski definition) is 4. The fraction of sp³-hybridized carbons (Fsp3) is 0.200. The Morgan fingerprint density at radius 2 is 1.95 bits per heavy atom. The third-order valence-corrected chi connectivity index (χ3v) is 3.61. The number of fused-ring (bicyclic) bond motifs is 3. The fourth-order valence-electron chi connectivity index (χ4n) is 2.62. The number of aliphatic hydroxyl groups is 1. The minimum atomic E-state index is -0.366. The largest absolute Gasteiger partial charge is 0.391 e. The van der Waals surface area contributed by atoms with Gasteiger partial charge in [0, 0.05) is 24.2 Å². The molecule has 0 bridgehead atoms. The molecule has 0 spiro atoms. The van der Waals surface area contributed by atoms with E-state index in [0.29, 0.717) is 13.0 Å². The monoisotopic (exact) mass is 266 g/mol. The molecule has 0 aliphatic carbocycles. The van der Waals surface area contributed by atoms with Crippen LogP contribution in [0.3, 0.4) is 0 Å². The van der Waals surface area contributed by atoms with Gasteiger partial charge in [-0.3, -0.25) is 0 Å². The Hall–Kier alpha value is -2.40. The summed E-state index contributed by atoms with van der Waals surface area (Å²) in [4.78, 5) is 1.64. The zero-order valence-electron chi connectivity index (χ0n) is 10.8. The van der Waals surface area contributed by atoms with Gasteiger partial charge in [0.05, 0.1) is 11.8 Å². The van der Waals surface area contributed by atoms with E-state index in [4.69, 9.17) is 0 Å². The van der Waals surface area contributed by atoms with Gasteiger partial charge in [-0.05, 0) is 24.3 Å². The number of para-hydroxylation sites is 1. The SMILES string of the molecule is OC1CNc2ccc3nn(-c4ccccc4)nc3c2C1. The predicted molar refractivity (Wildman–Crippen MR) is 77.1 cm³/mol. The number of benzene rings is 2. The summed E-state index contributed by atoms with van der Waals surface area (Å²) >= 11 is 0. The van der Waals surface area contributed by atoms with Crippen LogP contribution in [0, 0.1) is 0 Å². The molecule has 5 heteroatoms. The van der Waals surface area contributed by atoms with Crippen LogP contribution in [0.2, 0.25) is 0 Å². The van der Waals surface area contributed by atoms with E-state index >= 15 is 0 Å². The Balaban J connectivity index is 1.90. The van der Waals surface area contributed by atoms with Crippen molar-refractivity contribution in [1.82, 2.24) is 15.0 Å². The highest BCUT2D eigenvalue weighted by Crippen LogP contribution is 2.28. The van der Waals surface area contributed by atoms with Crippen LogP contribution in [0.5, 0.6) is 0 Å². The van der Waals surface area contributed by atoms with E-state index in [1.54, 1.807) is 4.80 Å². The highest BCUT2D eigenvalue weighted by molar-refractivity contribution is 5.84. The summed E-state index contributed by atoms with van der Waals surface area (Å²) in [6.07, 6.45) is 0.252. The van der Waals surface area contributed by atoms with Crippen molar-refractivity contribution in [2.75, 3.05) is 11.9 Å². The van der Waals surface area contributed by atoms with Crippen LogP contribution in [0.25, 0.3) is 16.7 Å². The Labute approximate surface area is 115 Å². The molecule has 1 aliphatic heterocycles. The lowest BCUT2D eigenvalue weighted by molar-refractivity contribution is 0.185. The number of β-amino-alcohol motifs (C(OH)–C–C–N with tert-alkyl or cyclic N) is 1. The smallest absolute Gasteiger partial charge is 0.119 e. The average molecular weight is 266 g/mol. The molecule has 0 saturated heterocycles. The van der Waals surface area contributed by atoms with E-state index in [-0.39, 0.29) is 6.10 Å². The first-order valence-electron chi connectivity index (χ1n) is 6.67. The molecule has 2 heterocycles. The van der Waals surface area contributed by atoms with Gasteiger partial charge >= 0.3 is 0 Å². The van der Waals surface area contributed by atoms with E-state index in [0.717, 1.165) is 28.0 Å². The number of nitrogens with zero attached hydrogens (tertiary/aromatic N) is 3. The molecule has 1 unspecified atom stereocenters. The number of rotatable bonds is 1. The first kappa shape index (κ1) is 11.4. The molecule has 3 aromatic rings. The summed E-state index contributed by atoms with van der Waals surface area (Å²) in [5.41, 5.74) is 4.73. The molecular formula is C15H14N4O. The van der Waals surface area contributed by atoms with Gasteiger partial charge in [0.1, 0.15) is 11.0 Å². The summed E-state index contributed by atoms with van der Waals surface area (Å²) in [6.45, 7) is 0.589. The first-order chi connectivity index (χ1) is 9.81. The molecule has 5 nitrogen and oxygen atoms in total. The standard InChI is InChI=1S/C15H14N4O/c20-11-8-12-13(16-9-11)6-7-14-15(12)18-19(17-14)10-4-2-1-3-5-10/h1-7,11,16,20H,8-9H2. The molecule has 0 saturated carbocycles. The van der Waals surface area contributed by atoms with Crippen LogP contribution in [0.15, 0.2) is 42.5 Å². The molecule has 2 N–H and O–H groups in total. The molecule has 2 aromatic carbocycles. The van der Waals surface area contributed by atoms with Gasteiger partial charge in [0.15, 0.2) is 0 Å². The minimum Gasteiger partial charge on any atom is -0.391 e. The predicted octanol–water partition coefficient (Wildman–Crippen LogP) is 1.75. The van der Waals surface area contributed by atoms with E-state index in [1.165, 1.54) is 0 Å². The van der Waals surface area contributed by atoms with Gasteiger partial charge in [-0.15, -0.1) is 10.2 Å². The number of hydrogen-bond donors (Lipinski definition) is 2. The van der Waals surface area contributed by atoms with Crippen molar-refractivity contribution >= 4 is 16.7 Å². The van der Waals surface area contributed by atoms with Crippen LogP contribution >= 0.6 is 0 Å². The van der Waals surface area contributed by atoms with Crippen LogP contribution in [-0.2, 0) is 6.42 Å². The molecule has 1 atom stereocenters. The molecule has 20 heavy (non-hydrogen) atoms. The second kappa shape index (κ2) is 4.31. The van der Waals surface area contributed by atoms with Gasteiger partial charge in [-0.25, -0.2) is 0 Å². The van der Waals surface area contributed by atoms with Crippen LogP contribution < -0.4 is 5.32 Å². The zero-order valence-corrected chi connectivity index (χ0v) is 10.8. The molecule has 4 rings (SSSR count). The van der Waals surface area contributed by atoms with E-state index < -0.39 is 0 Å². The summed E-state index contributed by atoms with van der Waals surface area (Å²) in [5.74, 6) is 0. The Kier molecular flexibility index (Phi) is 2.47. The van der Waals surface area contributed by atoms with Crippen LogP contribution in [0.4, 0.5) is 5.69 Å². The Bertz CT molecular complexity index is 766. The summed E-state index contributed by atoms with van der Waals surface area (Å²) < 4.78 is 0. The molecule has 100 valence electrons. The molecular weight excluding hydrogens is 252 g/mol. The Morgan fingerprint density at radius 3 is 2.80 bits per heavy atom. The summed E-state index contributed by atoms with van der Waals surface area (Å²) in [5, 5.41) is 22.1. The highest BCUT2D eigenvalue weighted by atomic mass is 16.3. The van der Waals surface area contributed by atoms with Gasteiger partial charge < -0.3 is 10.4 Å². The third kappa shape index (κ3) is 1.75. The summed E-state index contributed by atoms with van der Waals surface area (Å²) in [6, 6.07) is 13.8. The van der Waals surface area contributed by atoms with Crippen molar-refractivity contribution in [3.63, 3.8) is 0 Å².